The van der Waals surface area contributed by atoms with Crippen LogP contribution < -0.4 is 10.6 Å². The molecule has 0 bridgehead atoms. The highest BCUT2D eigenvalue weighted by atomic mass is 35.5. The largest absolute Gasteiger partial charge is 0.354 e. The zero-order valence-corrected chi connectivity index (χ0v) is 9.17. The lowest BCUT2D eigenvalue weighted by atomic mass is 10.2. The minimum atomic E-state index is 0.646. The number of fused-ring (bicyclic) bond motifs is 1. The van der Waals surface area contributed by atoms with E-state index in [-0.39, 0.29) is 0 Å². The first kappa shape index (κ1) is 9.47. The van der Waals surface area contributed by atoms with Crippen LogP contribution in [-0.4, -0.2) is 29.2 Å². The topological polar surface area (TPSA) is 65.1 Å². The first-order chi connectivity index (χ1) is 7.84. The van der Waals surface area contributed by atoms with E-state index in [4.69, 9.17) is 11.6 Å². The number of aromatic amines is 1. The van der Waals surface area contributed by atoms with Gasteiger partial charge in [-0.25, -0.2) is 0 Å². The Balaban J connectivity index is 2.06. The first-order valence-corrected chi connectivity index (χ1v) is 5.39. The maximum absolute atomic E-state index is 6.15. The van der Waals surface area contributed by atoms with Crippen molar-refractivity contribution < 1.29 is 0 Å². The molecule has 82 valence electrons. The lowest BCUT2D eigenvalue weighted by molar-refractivity contribution is 0.959. The number of nitrogens with one attached hydrogen (secondary N) is 3. The van der Waals surface area contributed by atoms with Crippen molar-refractivity contribution in [2.24, 2.45) is 4.99 Å². The summed E-state index contributed by atoms with van der Waals surface area (Å²) in [6, 6.07) is 3.77. The van der Waals surface area contributed by atoms with Crippen LogP contribution in [0.3, 0.4) is 0 Å². The van der Waals surface area contributed by atoms with Gasteiger partial charge in [-0.05, 0) is 12.1 Å². The number of aromatic nitrogens is 2. The predicted molar refractivity (Wildman–Crippen MR) is 65.0 cm³/mol. The maximum atomic E-state index is 6.15. The fraction of sp³-hybridized carbons (Fsp3) is 0.200. The van der Waals surface area contributed by atoms with E-state index in [2.05, 4.69) is 25.8 Å². The standard InChI is InChI=1S/C10H10ClN5/c11-7-2-1-6-5-14-16-8(6)9(7)15-10-12-3-4-13-10/h1-2,5H,3-4H2,(H,14,16)(H2,12,13,15). The van der Waals surface area contributed by atoms with Gasteiger partial charge in [0.25, 0.3) is 0 Å². The molecular formula is C10H10ClN5. The lowest BCUT2D eigenvalue weighted by Crippen LogP contribution is -2.26. The number of halogens is 1. The number of guanidine groups is 1. The van der Waals surface area contributed by atoms with Gasteiger partial charge in [0, 0.05) is 11.9 Å². The van der Waals surface area contributed by atoms with Crippen molar-refractivity contribution in [3.8, 4) is 0 Å². The van der Waals surface area contributed by atoms with E-state index >= 15 is 0 Å². The van der Waals surface area contributed by atoms with Crippen LogP contribution in [0.15, 0.2) is 23.3 Å². The van der Waals surface area contributed by atoms with Crippen molar-refractivity contribution in [2.75, 3.05) is 18.4 Å². The maximum Gasteiger partial charge on any atom is 0.196 e. The van der Waals surface area contributed by atoms with E-state index in [1.54, 1.807) is 6.20 Å². The number of anilines is 1. The summed E-state index contributed by atoms with van der Waals surface area (Å²) in [4.78, 5) is 4.26. The molecule has 3 N–H and O–H groups in total. The van der Waals surface area contributed by atoms with Crippen LogP contribution in [0.25, 0.3) is 10.9 Å². The van der Waals surface area contributed by atoms with E-state index in [1.807, 2.05) is 12.1 Å². The molecule has 16 heavy (non-hydrogen) atoms. The number of rotatable bonds is 1. The molecule has 2 heterocycles. The Hall–Kier alpha value is -1.75. The van der Waals surface area contributed by atoms with Crippen molar-refractivity contribution in [2.45, 2.75) is 0 Å². The average molecular weight is 236 g/mol. The number of nitrogens with zero attached hydrogens (tertiary/aromatic N) is 2. The molecule has 2 aromatic rings. The summed E-state index contributed by atoms with van der Waals surface area (Å²) in [5.41, 5.74) is 1.70. The summed E-state index contributed by atoms with van der Waals surface area (Å²) >= 11 is 6.15. The molecule has 1 aliphatic heterocycles. The van der Waals surface area contributed by atoms with Gasteiger partial charge in [-0.3, -0.25) is 10.1 Å². The molecule has 0 aliphatic carbocycles. The zero-order valence-electron chi connectivity index (χ0n) is 8.42. The molecule has 0 saturated heterocycles. The van der Waals surface area contributed by atoms with Crippen LogP contribution >= 0.6 is 11.6 Å². The Morgan fingerprint density at radius 3 is 3.12 bits per heavy atom. The molecule has 1 aromatic carbocycles. The number of H-pyrrole nitrogens is 1. The average Bonchev–Trinajstić information content (AvgIpc) is 2.92. The van der Waals surface area contributed by atoms with Gasteiger partial charge in [0.1, 0.15) is 0 Å². The van der Waals surface area contributed by atoms with Crippen LogP contribution in [0.1, 0.15) is 0 Å². The molecule has 6 heteroatoms. The Kier molecular flexibility index (Phi) is 2.18. The van der Waals surface area contributed by atoms with Crippen LogP contribution in [0.5, 0.6) is 0 Å². The molecule has 0 atom stereocenters. The predicted octanol–water partition coefficient (Wildman–Crippen LogP) is 1.59. The SMILES string of the molecule is Clc1ccc2cn[nH]c2c1NC1=NCCN1. The highest BCUT2D eigenvalue weighted by molar-refractivity contribution is 6.35. The number of hydrogen-bond acceptors (Lipinski definition) is 4. The summed E-state index contributed by atoms with van der Waals surface area (Å²) in [6.45, 7) is 1.65. The van der Waals surface area contributed by atoms with E-state index in [0.29, 0.717) is 5.02 Å². The highest BCUT2D eigenvalue weighted by Gasteiger charge is 2.11. The van der Waals surface area contributed by atoms with E-state index in [0.717, 1.165) is 35.6 Å². The highest BCUT2D eigenvalue weighted by Crippen LogP contribution is 2.29. The van der Waals surface area contributed by atoms with Crippen LogP contribution in [-0.2, 0) is 0 Å². The molecule has 3 rings (SSSR count). The van der Waals surface area contributed by atoms with Crippen molar-refractivity contribution in [1.29, 1.82) is 0 Å². The number of benzene rings is 1. The van der Waals surface area contributed by atoms with E-state index < -0.39 is 0 Å². The molecule has 0 spiro atoms. The Morgan fingerprint density at radius 1 is 1.38 bits per heavy atom. The van der Waals surface area contributed by atoms with Gasteiger partial charge in [-0.2, -0.15) is 5.10 Å². The summed E-state index contributed by atoms with van der Waals surface area (Å²) < 4.78 is 0. The van der Waals surface area contributed by atoms with Crippen molar-refractivity contribution in [3.63, 3.8) is 0 Å². The third kappa shape index (κ3) is 1.49. The molecule has 5 nitrogen and oxygen atoms in total. The second-order valence-electron chi connectivity index (χ2n) is 3.54. The van der Waals surface area contributed by atoms with Crippen LogP contribution in [0.4, 0.5) is 5.69 Å². The fourth-order valence-electron chi connectivity index (χ4n) is 1.71. The third-order valence-corrected chi connectivity index (χ3v) is 2.80. The fourth-order valence-corrected chi connectivity index (χ4v) is 1.91. The van der Waals surface area contributed by atoms with Gasteiger partial charge >= 0.3 is 0 Å². The summed E-state index contributed by atoms with van der Waals surface area (Å²) in [5.74, 6) is 0.754. The van der Waals surface area contributed by atoms with Crippen molar-refractivity contribution in [3.05, 3.63) is 23.4 Å². The smallest absolute Gasteiger partial charge is 0.196 e. The van der Waals surface area contributed by atoms with Gasteiger partial charge in [0.2, 0.25) is 0 Å². The molecule has 0 saturated carbocycles. The van der Waals surface area contributed by atoms with Crippen LogP contribution in [0.2, 0.25) is 5.02 Å². The normalized spacial score (nSPS) is 14.9. The van der Waals surface area contributed by atoms with Gasteiger partial charge < -0.3 is 10.6 Å². The van der Waals surface area contributed by atoms with Crippen molar-refractivity contribution in [1.82, 2.24) is 15.5 Å². The summed E-state index contributed by atoms with van der Waals surface area (Å²) in [6.07, 6.45) is 1.76. The minimum absolute atomic E-state index is 0.646. The molecule has 0 radical (unpaired) electrons. The molecule has 1 aliphatic rings. The molecule has 0 amide bonds. The lowest BCUT2D eigenvalue weighted by Gasteiger charge is -2.09. The first-order valence-electron chi connectivity index (χ1n) is 5.01. The minimum Gasteiger partial charge on any atom is -0.354 e. The zero-order chi connectivity index (χ0) is 11.0. The van der Waals surface area contributed by atoms with E-state index in [9.17, 15) is 0 Å². The quantitative estimate of drug-likeness (QED) is 0.703. The van der Waals surface area contributed by atoms with Gasteiger partial charge in [-0.15, -0.1) is 0 Å². The third-order valence-electron chi connectivity index (χ3n) is 2.48. The number of hydrogen-bond donors (Lipinski definition) is 3. The molecular weight excluding hydrogens is 226 g/mol. The monoisotopic (exact) mass is 235 g/mol. The molecule has 1 aromatic heterocycles. The second kappa shape index (κ2) is 3.68. The Morgan fingerprint density at radius 2 is 2.31 bits per heavy atom. The Labute approximate surface area is 96.9 Å². The summed E-state index contributed by atoms with van der Waals surface area (Å²) in [5, 5.41) is 14.9. The van der Waals surface area contributed by atoms with Crippen LogP contribution in [0, 0.1) is 0 Å². The van der Waals surface area contributed by atoms with E-state index in [1.165, 1.54) is 0 Å². The van der Waals surface area contributed by atoms with Gasteiger partial charge in [-0.1, -0.05) is 11.6 Å². The summed E-state index contributed by atoms with van der Waals surface area (Å²) in [7, 11) is 0. The molecule has 0 fully saturated rings. The Bertz CT molecular complexity index is 559. The van der Waals surface area contributed by atoms with Gasteiger partial charge in [0.15, 0.2) is 5.96 Å². The van der Waals surface area contributed by atoms with Gasteiger partial charge in [0.05, 0.1) is 29.0 Å². The van der Waals surface area contributed by atoms with Crippen molar-refractivity contribution >= 4 is 34.2 Å². The number of aliphatic imine (C=N–C) groups is 1. The molecule has 0 unspecified atom stereocenters. The second-order valence-corrected chi connectivity index (χ2v) is 3.95.